The first-order chi connectivity index (χ1) is 8.72. The topological polar surface area (TPSA) is 56.1 Å². The van der Waals surface area contributed by atoms with Gasteiger partial charge in [0.1, 0.15) is 0 Å². The van der Waals surface area contributed by atoms with E-state index < -0.39 is 0 Å². The molecule has 0 saturated carbocycles. The first-order valence-corrected chi connectivity index (χ1v) is 6.19. The van der Waals surface area contributed by atoms with Crippen molar-refractivity contribution >= 4 is 5.91 Å². The van der Waals surface area contributed by atoms with E-state index in [1.54, 1.807) is 11.0 Å². The van der Waals surface area contributed by atoms with Gasteiger partial charge < -0.3 is 10.2 Å². The Morgan fingerprint density at radius 3 is 2.72 bits per heavy atom. The quantitative estimate of drug-likeness (QED) is 0.826. The molecule has 0 aliphatic rings. The third-order valence-corrected chi connectivity index (χ3v) is 2.76. The van der Waals surface area contributed by atoms with Crippen LogP contribution in [0, 0.1) is 11.3 Å². The van der Waals surface area contributed by atoms with E-state index in [0.717, 1.165) is 12.1 Å². The number of nitrogens with zero attached hydrogens (tertiary/aromatic N) is 2. The molecule has 0 unspecified atom stereocenters. The van der Waals surface area contributed by atoms with Crippen molar-refractivity contribution in [1.82, 2.24) is 10.2 Å². The molecule has 1 aromatic carbocycles. The molecule has 0 radical (unpaired) electrons. The van der Waals surface area contributed by atoms with Crippen molar-refractivity contribution in [1.29, 1.82) is 5.26 Å². The molecule has 4 heteroatoms. The number of nitriles is 1. The van der Waals surface area contributed by atoms with Crippen molar-refractivity contribution in [2.24, 2.45) is 0 Å². The van der Waals surface area contributed by atoms with E-state index in [0.29, 0.717) is 25.2 Å². The fraction of sp³-hybridized carbons (Fsp3) is 0.429. The molecule has 0 aliphatic heterocycles. The van der Waals surface area contributed by atoms with Gasteiger partial charge in [-0.15, -0.1) is 0 Å². The summed E-state index contributed by atoms with van der Waals surface area (Å²) in [5.74, 6) is 0.0621. The summed E-state index contributed by atoms with van der Waals surface area (Å²) < 4.78 is 0. The normalized spacial score (nSPS) is 9.83. The number of rotatable bonds is 6. The Balaban J connectivity index is 2.74. The zero-order valence-electron chi connectivity index (χ0n) is 10.9. The zero-order valence-corrected chi connectivity index (χ0v) is 10.9. The molecular weight excluding hydrogens is 226 g/mol. The van der Waals surface area contributed by atoms with Gasteiger partial charge in [-0.25, -0.2) is 0 Å². The molecule has 1 N–H and O–H groups in total. The van der Waals surface area contributed by atoms with E-state index in [9.17, 15) is 4.79 Å². The Labute approximate surface area is 108 Å². The number of carbonyl (C=O) groups excluding carboxylic acids is 1. The van der Waals surface area contributed by atoms with Gasteiger partial charge in [-0.3, -0.25) is 4.79 Å². The molecule has 0 aliphatic carbocycles. The second kappa shape index (κ2) is 7.46. The van der Waals surface area contributed by atoms with Crippen LogP contribution in [0.3, 0.4) is 0 Å². The van der Waals surface area contributed by atoms with E-state index in [1.165, 1.54) is 0 Å². The van der Waals surface area contributed by atoms with Gasteiger partial charge in [0.15, 0.2) is 0 Å². The molecule has 1 rings (SSSR count). The number of hydrogen-bond donors (Lipinski definition) is 1. The fourth-order valence-electron chi connectivity index (χ4n) is 1.69. The minimum absolute atomic E-state index is 0.0621. The Bertz CT molecular complexity index is 437. The minimum atomic E-state index is 0.0621. The molecule has 0 bridgehead atoms. The number of hydrogen-bond acceptors (Lipinski definition) is 3. The van der Waals surface area contributed by atoms with Crippen LogP contribution in [0.5, 0.6) is 0 Å². The highest BCUT2D eigenvalue weighted by Gasteiger charge is 2.12. The van der Waals surface area contributed by atoms with Crippen LogP contribution in [-0.2, 0) is 11.3 Å². The van der Waals surface area contributed by atoms with E-state index in [-0.39, 0.29) is 5.91 Å². The average molecular weight is 245 g/mol. The second-order valence-electron chi connectivity index (χ2n) is 3.96. The first-order valence-electron chi connectivity index (χ1n) is 6.19. The van der Waals surface area contributed by atoms with Gasteiger partial charge in [-0.2, -0.15) is 5.26 Å². The van der Waals surface area contributed by atoms with Gasteiger partial charge in [0.05, 0.1) is 18.2 Å². The molecule has 18 heavy (non-hydrogen) atoms. The van der Waals surface area contributed by atoms with E-state index in [4.69, 9.17) is 5.26 Å². The molecule has 4 nitrogen and oxygen atoms in total. The molecule has 0 heterocycles. The highest BCUT2D eigenvalue weighted by molar-refractivity contribution is 5.78. The Morgan fingerprint density at radius 2 is 2.11 bits per heavy atom. The van der Waals surface area contributed by atoms with Gasteiger partial charge in [-0.1, -0.05) is 25.1 Å². The summed E-state index contributed by atoms with van der Waals surface area (Å²) in [5.41, 5.74) is 1.53. The summed E-state index contributed by atoms with van der Waals surface area (Å²) in [5, 5.41) is 12.0. The number of amides is 1. The first kappa shape index (κ1) is 14.2. The van der Waals surface area contributed by atoms with Crippen LogP contribution >= 0.6 is 0 Å². The maximum absolute atomic E-state index is 11.9. The molecule has 0 fully saturated rings. The van der Waals surface area contributed by atoms with Crippen molar-refractivity contribution < 1.29 is 4.79 Å². The minimum Gasteiger partial charge on any atom is -0.337 e. The molecule has 1 amide bonds. The molecule has 96 valence electrons. The predicted octanol–water partition coefficient (Wildman–Crippen LogP) is 1.52. The zero-order chi connectivity index (χ0) is 13.4. The summed E-state index contributed by atoms with van der Waals surface area (Å²) in [6.45, 7) is 6.17. The third kappa shape index (κ3) is 3.86. The lowest BCUT2D eigenvalue weighted by molar-refractivity contribution is -0.130. The maximum atomic E-state index is 11.9. The Morgan fingerprint density at radius 1 is 1.39 bits per heavy atom. The van der Waals surface area contributed by atoms with E-state index >= 15 is 0 Å². The average Bonchev–Trinajstić information content (AvgIpc) is 2.42. The SMILES string of the molecule is CCNCC(=O)N(CC)Cc1ccccc1C#N. The molecule has 1 aromatic rings. The van der Waals surface area contributed by atoms with Crippen LogP contribution in [0.1, 0.15) is 25.0 Å². The smallest absolute Gasteiger partial charge is 0.236 e. The lowest BCUT2D eigenvalue weighted by Gasteiger charge is -2.21. The highest BCUT2D eigenvalue weighted by Crippen LogP contribution is 2.10. The van der Waals surface area contributed by atoms with Crippen LogP contribution < -0.4 is 5.32 Å². The van der Waals surface area contributed by atoms with Crippen LogP contribution in [0.15, 0.2) is 24.3 Å². The lowest BCUT2D eigenvalue weighted by atomic mass is 10.1. The monoisotopic (exact) mass is 245 g/mol. The number of carbonyl (C=O) groups is 1. The van der Waals surface area contributed by atoms with Crippen LogP contribution in [0.2, 0.25) is 0 Å². The third-order valence-electron chi connectivity index (χ3n) is 2.76. The predicted molar refractivity (Wildman–Crippen MR) is 70.8 cm³/mol. The highest BCUT2D eigenvalue weighted by atomic mass is 16.2. The summed E-state index contributed by atoms with van der Waals surface area (Å²) in [7, 11) is 0. The lowest BCUT2D eigenvalue weighted by Crippen LogP contribution is -2.37. The van der Waals surface area contributed by atoms with Gasteiger partial charge in [0, 0.05) is 13.1 Å². The number of benzene rings is 1. The maximum Gasteiger partial charge on any atom is 0.236 e. The van der Waals surface area contributed by atoms with Crippen LogP contribution in [0.4, 0.5) is 0 Å². The molecule has 0 aromatic heterocycles. The molecule has 0 atom stereocenters. The largest absolute Gasteiger partial charge is 0.337 e. The number of nitrogens with one attached hydrogen (secondary N) is 1. The summed E-state index contributed by atoms with van der Waals surface area (Å²) in [6.07, 6.45) is 0. The summed E-state index contributed by atoms with van der Waals surface area (Å²) in [6, 6.07) is 9.54. The molecule has 0 saturated heterocycles. The van der Waals surface area contributed by atoms with Crippen molar-refractivity contribution in [2.45, 2.75) is 20.4 Å². The molecular formula is C14H19N3O. The van der Waals surface area contributed by atoms with Gasteiger partial charge in [0.25, 0.3) is 0 Å². The Hall–Kier alpha value is -1.86. The van der Waals surface area contributed by atoms with Gasteiger partial charge in [0.2, 0.25) is 5.91 Å². The van der Waals surface area contributed by atoms with Gasteiger partial charge >= 0.3 is 0 Å². The van der Waals surface area contributed by atoms with Gasteiger partial charge in [-0.05, 0) is 25.1 Å². The van der Waals surface area contributed by atoms with Crippen LogP contribution in [0.25, 0.3) is 0 Å². The summed E-state index contributed by atoms with van der Waals surface area (Å²) >= 11 is 0. The van der Waals surface area contributed by atoms with Crippen molar-refractivity contribution in [3.05, 3.63) is 35.4 Å². The number of likely N-dealkylation sites (N-methyl/N-ethyl adjacent to an activating group) is 2. The second-order valence-corrected chi connectivity index (χ2v) is 3.96. The summed E-state index contributed by atoms with van der Waals surface area (Å²) in [4.78, 5) is 13.7. The molecule has 0 spiro atoms. The van der Waals surface area contributed by atoms with Crippen LogP contribution in [-0.4, -0.2) is 30.4 Å². The van der Waals surface area contributed by atoms with Crippen molar-refractivity contribution in [3.63, 3.8) is 0 Å². The van der Waals surface area contributed by atoms with E-state index in [2.05, 4.69) is 11.4 Å². The van der Waals surface area contributed by atoms with Crippen molar-refractivity contribution in [2.75, 3.05) is 19.6 Å². The van der Waals surface area contributed by atoms with E-state index in [1.807, 2.05) is 32.0 Å². The Kier molecular flexibility index (Phi) is 5.89. The fourth-order valence-corrected chi connectivity index (χ4v) is 1.69. The van der Waals surface area contributed by atoms with Crippen molar-refractivity contribution in [3.8, 4) is 6.07 Å². The standard InChI is InChI=1S/C14H19N3O/c1-3-16-10-14(18)17(4-2)11-13-8-6-5-7-12(13)9-15/h5-8,16H,3-4,10-11H2,1-2H3.